The largest absolute Gasteiger partial charge is 0.785 e. The van der Waals surface area contributed by atoms with Gasteiger partial charge in [0.2, 0.25) is 0 Å². The van der Waals surface area contributed by atoms with Crippen molar-refractivity contribution in [2.75, 3.05) is 33.6 Å². The molecule has 78 valence electrons. The molecule has 0 saturated heterocycles. The molecule has 0 saturated carbocycles. The van der Waals surface area contributed by atoms with Crippen molar-refractivity contribution in [1.29, 1.82) is 0 Å². The van der Waals surface area contributed by atoms with Crippen molar-refractivity contribution in [3.8, 4) is 0 Å². The van der Waals surface area contributed by atoms with Crippen molar-refractivity contribution >= 4 is 0 Å². The number of hydrogen-bond donors (Lipinski definition) is 0. The van der Waals surface area contributed by atoms with Crippen LogP contribution in [0, 0.1) is 5.21 Å². The van der Waals surface area contributed by atoms with Crippen LogP contribution in [0.4, 0.5) is 0 Å². The van der Waals surface area contributed by atoms with Gasteiger partial charge >= 0.3 is 0 Å². The summed E-state index contributed by atoms with van der Waals surface area (Å²) in [5.74, 6) is 0. The molecule has 0 N–H and O–H groups in total. The van der Waals surface area contributed by atoms with E-state index < -0.39 is 0 Å². The van der Waals surface area contributed by atoms with Crippen molar-refractivity contribution in [2.24, 2.45) is 0 Å². The molecule has 0 aromatic heterocycles. The van der Waals surface area contributed by atoms with Crippen LogP contribution in [0.15, 0.2) is 12.2 Å². The summed E-state index contributed by atoms with van der Waals surface area (Å²) in [6.45, 7) is 3.79. The van der Waals surface area contributed by atoms with Crippen LogP contribution in [-0.4, -0.2) is 38.7 Å². The molecule has 0 atom stereocenters. The quantitative estimate of drug-likeness (QED) is 0.250. The van der Waals surface area contributed by atoms with Crippen LogP contribution in [0.3, 0.4) is 0 Å². The lowest BCUT2D eigenvalue weighted by atomic mass is 10.4. The Morgan fingerprint density at radius 3 is 2.77 bits per heavy atom. The predicted octanol–water partition coefficient (Wildman–Crippen LogP) is 1.37. The highest BCUT2D eigenvalue weighted by atomic mass is 16.7. The second-order valence-electron chi connectivity index (χ2n) is 2.56. The van der Waals surface area contributed by atoms with Gasteiger partial charge < -0.3 is 19.7 Å². The Morgan fingerprint density at radius 2 is 2.15 bits per heavy atom. The Morgan fingerprint density at radius 1 is 1.38 bits per heavy atom. The molecule has 0 amide bonds. The molecule has 13 heavy (non-hydrogen) atoms. The standard InChI is InChI=1S/C9H18NO3/c1-3-10(11)7-5-4-6-8-13-9-12-2/h4-5H,3,6-9H2,1-2H3/q-1/b5-4-. The molecule has 0 rings (SSSR count). The zero-order valence-electron chi connectivity index (χ0n) is 8.36. The first-order chi connectivity index (χ1) is 6.31. The van der Waals surface area contributed by atoms with E-state index in [-0.39, 0.29) is 0 Å². The molecular formula is C9H18NO3-. The van der Waals surface area contributed by atoms with Gasteiger partial charge in [0.15, 0.2) is 0 Å². The number of hydroxylamine groups is 2. The third-order valence-corrected chi connectivity index (χ3v) is 1.46. The first-order valence-corrected chi connectivity index (χ1v) is 4.45. The van der Waals surface area contributed by atoms with E-state index in [4.69, 9.17) is 9.47 Å². The van der Waals surface area contributed by atoms with Gasteiger partial charge in [0.05, 0.1) is 6.61 Å². The Labute approximate surface area is 79.7 Å². The molecule has 0 bridgehead atoms. The van der Waals surface area contributed by atoms with Crippen molar-refractivity contribution in [2.45, 2.75) is 13.3 Å². The molecule has 4 nitrogen and oxygen atoms in total. The topological polar surface area (TPSA) is 44.8 Å². The predicted molar refractivity (Wildman–Crippen MR) is 52.2 cm³/mol. The molecular weight excluding hydrogens is 170 g/mol. The van der Waals surface area contributed by atoms with Crippen molar-refractivity contribution in [3.05, 3.63) is 17.4 Å². The molecule has 0 spiro atoms. The van der Waals surface area contributed by atoms with Gasteiger partial charge in [-0.3, -0.25) is 0 Å². The number of likely N-dealkylation sites (N-methyl/N-ethyl adjacent to an activating group) is 1. The monoisotopic (exact) mass is 188 g/mol. The van der Waals surface area contributed by atoms with Crippen molar-refractivity contribution in [3.63, 3.8) is 0 Å². The molecule has 0 aliphatic heterocycles. The number of hydrogen-bond acceptors (Lipinski definition) is 4. The van der Waals surface area contributed by atoms with Gasteiger partial charge in [-0.05, 0) is 13.0 Å². The van der Waals surface area contributed by atoms with Gasteiger partial charge in [-0.2, -0.15) is 0 Å². The van der Waals surface area contributed by atoms with Crippen LogP contribution in [0.1, 0.15) is 13.3 Å². The Kier molecular flexibility index (Phi) is 9.35. The molecule has 0 aromatic carbocycles. The smallest absolute Gasteiger partial charge is 0.146 e. The van der Waals surface area contributed by atoms with Gasteiger partial charge in [0, 0.05) is 13.7 Å². The molecule has 0 heterocycles. The summed E-state index contributed by atoms with van der Waals surface area (Å²) in [6, 6.07) is 0. The van der Waals surface area contributed by atoms with E-state index in [9.17, 15) is 5.21 Å². The molecule has 0 radical (unpaired) electrons. The summed E-state index contributed by atoms with van der Waals surface area (Å²) in [5.41, 5.74) is 0. The summed E-state index contributed by atoms with van der Waals surface area (Å²) in [4.78, 5) is 0. The summed E-state index contributed by atoms with van der Waals surface area (Å²) in [7, 11) is 1.59. The Bertz CT molecular complexity index is 128. The van der Waals surface area contributed by atoms with E-state index in [1.54, 1.807) is 7.11 Å². The van der Waals surface area contributed by atoms with E-state index in [1.807, 2.05) is 19.1 Å². The molecule has 0 aliphatic carbocycles. The van der Waals surface area contributed by atoms with Crippen molar-refractivity contribution in [1.82, 2.24) is 5.06 Å². The summed E-state index contributed by atoms with van der Waals surface area (Å²) >= 11 is 0. The minimum atomic E-state index is 0.330. The van der Waals surface area contributed by atoms with Crippen molar-refractivity contribution < 1.29 is 9.47 Å². The average molecular weight is 188 g/mol. The van der Waals surface area contributed by atoms with Crippen LogP contribution in [0.25, 0.3) is 0 Å². The SMILES string of the molecule is CCN([O-])C/C=C\CCOCOC. The maximum Gasteiger partial charge on any atom is 0.146 e. The Balaban J connectivity index is 3.12. The van der Waals surface area contributed by atoms with E-state index in [1.165, 1.54) is 0 Å². The summed E-state index contributed by atoms with van der Waals surface area (Å²) in [5, 5.41) is 11.8. The summed E-state index contributed by atoms with van der Waals surface area (Å²) in [6.07, 6.45) is 4.61. The van der Waals surface area contributed by atoms with Crippen LogP contribution >= 0.6 is 0 Å². The van der Waals surface area contributed by atoms with Gasteiger partial charge in [0.25, 0.3) is 0 Å². The highest BCUT2D eigenvalue weighted by molar-refractivity contribution is 4.84. The molecule has 0 fully saturated rings. The zero-order chi connectivity index (χ0) is 9.94. The molecule has 0 unspecified atom stereocenters. The second-order valence-corrected chi connectivity index (χ2v) is 2.56. The van der Waals surface area contributed by atoms with E-state index in [0.717, 1.165) is 11.5 Å². The third kappa shape index (κ3) is 9.49. The minimum Gasteiger partial charge on any atom is -0.785 e. The lowest BCUT2D eigenvalue weighted by molar-refractivity contribution is -0.0285. The number of methoxy groups -OCH3 is 1. The normalized spacial score (nSPS) is 11.7. The third-order valence-electron chi connectivity index (χ3n) is 1.46. The molecule has 4 heteroatoms. The van der Waals surface area contributed by atoms with Gasteiger partial charge in [-0.1, -0.05) is 19.1 Å². The van der Waals surface area contributed by atoms with Crippen LogP contribution in [-0.2, 0) is 9.47 Å². The van der Waals surface area contributed by atoms with Crippen LogP contribution < -0.4 is 0 Å². The van der Waals surface area contributed by atoms with Crippen LogP contribution in [0.2, 0.25) is 0 Å². The first-order valence-electron chi connectivity index (χ1n) is 4.45. The van der Waals surface area contributed by atoms with E-state index in [2.05, 4.69) is 0 Å². The fourth-order valence-corrected chi connectivity index (χ4v) is 0.733. The molecule has 0 aliphatic rings. The highest BCUT2D eigenvalue weighted by Gasteiger charge is 1.83. The highest BCUT2D eigenvalue weighted by Crippen LogP contribution is 1.88. The van der Waals surface area contributed by atoms with Gasteiger partial charge in [-0.25, -0.2) is 0 Å². The maximum absolute atomic E-state index is 10.8. The zero-order valence-corrected chi connectivity index (χ0v) is 8.36. The number of rotatable bonds is 8. The van der Waals surface area contributed by atoms with Gasteiger partial charge in [0.1, 0.15) is 6.79 Å². The lowest BCUT2D eigenvalue weighted by Crippen LogP contribution is -2.14. The number of nitrogens with zero attached hydrogens (tertiary/aromatic N) is 1. The van der Waals surface area contributed by atoms with Crippen LogP contribution in [0.5, 0.6) is 0 Å². The van der Waals surface area contributed by atoms with Gasteiger partial charge in [-0.15, -0.1) is 0 Å². The average Bonchev–Trinajstić information content (AvgIpc) is 2.16. The van der Waals surface area contributed by atoms with E-state index in [0.29, 0.717) is 26.5 Å². The maximum atomic E-state index is 10.8. The Hall–Kier alpha value is -0.420. The fourth-order valence-electron chi connectivity index (χ4n) is 0.733. The second kappa shape index (κ2) is 9.67. The lowest BCUT2D eigenvalue weighted by Gasteiger charge is -2.23. The van der Waals surface area contributed by atoms with E-state index >= 15 is 0 Å². The minimum absolute atomic E-state index is 0.330. The summed E-state index contributed by atoms with van der Waals surface area (Å²) < 4.78 is 9.75. The first kappa shape index (κ1) is 12.6. The fraction of sp³-hybridized carbons (Fsp3) is 0.778. The number of ether oxygens (including phenoxy) is 2. The molecule has 0 aromatic rings.